The van der Waals surface area contributed by atoms with Gasteiger partial charge in [-0.2, -0.15) is 0 Å². The van der Waals surface area contributed by atoms with Crippen molar-refractivity contribution in [1.82, 2.24) is 4.57 Å². The highest BCUT2D eigenvalue weighted by molar-refractivity contribution is 6.30. The van der Waals surface area contributed by atoms with Crippen LogP contribution in [0.25, 0.3) is 5.69 Å². The van der Waals surface area contributed by atoms with E-state index in [1.165, 1.54) is 0 Å². The number of hydrogen-bond acceptors (Lipinski definition) is 2. The first kappa shape index (κ1) is 13.5. The van der Waals surface area contributed by atoms with Gasteiger partial charge in [-0.25, -0.2) is 0 Å². The van der Waals surface area contributed by atoms with Gasteiger partial charge in [-0.05, 0) is 48.5 Å². The number of aliphatic imine (C=N–C) groups is 1. The zero-order chi connectivity index (χ0) is 14.7. The van der Waals surface area contributed by atoms with Gasteiger partial charge in [0.15, 0.2) is 0 Å². The second kappa shape index (κ2) is 5.85. The molecular weight excluding hydrogens is 284 g/mol. The number of phenols is 1. The van der Waals surface area contributed by atoms with E-state index in [1.54, 1.807) is 24.4 Å². The van der Waals surface area contributed by atoms with Crippen LogP contribution in [0.4, 0.5) is 5.69 Å². The van der Waals surface area contributed by atoms with Gasteiger partial charge in [-0.1, -0.05) is 17.7 Å². The van der Waals surface area contributed by atoms with Crippen LogP contribution in [0.3, 0.4) is 0 Å². The SMILES string of the molecule is Oc1cccc(N=Cc2cccn2-c2ccc(Cl)cc2)c1. The van der Waals surface area contributed by atoms with E-state index in [0.29, 0.717) is 10.7 Å². The summed E-state index contributed by atoms with van der Waals surface area (Å²) in [5.74, 6) is 0.206. The lowest BCUT2D eigenvalue weighted by atomic mass is 10.3. The Morgan fingerprint density at radius 3 is 2.57 bits per heavy atom. The lowest BCUT2D eigenvalue weighted by Crippen LogP contribution is -1.97. The number of nitrogens with zero attached hydrogens (tertiary/aromatic N) is 2. The third kappa shape index (κ3) is 3.15. The molecule has 1 heterocycles. The molecule has 0 saturated carbocycles. The molecule has 0 saturated heterocycles. The van der Waals surface area contributed by atoms with Crippen LogP contribution in [-0.4, -0.2) is 15.9 Å². The number of hydrogen-bond donors (Lipinski definition) is 1. The van der Waals surface area contributed by atoms with Crippen LogP contribution in [0, 0.1) is 0 Å². The van der Waals surface area contributed by atoms with E-state index >= 15 is 0 Å². The molecule has 104 valence electrons. The highest BCUT2D eigenvalue weighted by atomic mass is 35.5. The molecule has 0 spiro atoms. The molecule has 3 rings (SSSR count). The minimum absolute atomic E-state index is 0.206. The molecule has 2 aromatic carbocycles. The Balaban J connectivity index is 1.91. The number of benzene rings is 2. The van der Waals surface area contributed by atoms with E-state index in [-0.39, 0.29) is 5.75 Å². The average molecular weight is 297 g/mol. The first-order valence-electron chi connectivity index (χ1n) is 6.49. The first-order chi connectivity index (χ1) is 10.2. The summed E-state index contributed by atoms with van der Waals surface area (Å²) >= 11 is 5.91. The van der Waals surface area contributed by atoms with Crippen molar-refractivity contribution in [2.45, 2.75) is 0 Å². The van der Waals surface area contributed by atoms with Crippen LogP contribution in [0.5, 0.6) is 5.75 Å². The van der Waals surface area contributed by atoms with Gasteiger partial charge in [0.05, 0.1) is 17.6 Å². The maximum absolute atomic E-state index is 9.44. The Morgan fingerprint density at radius 1 is 1.00 bits per heavy atom. The zero-order valence-corrected chi connectivity index (χ0v) is 11.9. The molecule has 1 N–H and O–H groups in total. The van der Waals surface area contributed by atoms with Gasteiger partial charge < -0.3 is 9.67 Å². The van der Waals surface area contributed by atoms with Gasteiger partial charge in [0.2, 0.25) is 0 Å². The molecule has 4 heteroatoms. The maximum atomic E-state index is 9.44. The summed E-state index contributed by atoms with van der Waals surface area (Å²) in [5, 5.41) is 10.1. The van der Waals surface area contributed by atoms with E-state index in [4.69, 9.17) is 11.6 Å². The van der Waals surface area contributed by atoms with Gasteiger partial charge in [0, 0.05) is 23.0 Å². The lowest BCUT2D eigenvalue weighted by Gasteiger charge is -2.06. The van der Waals surface area contributed by atoms with Crippen LogP contribution < -0.4 is 0 Å². The Kier molecular flexibility index (Phi) is 3.75. The predicted molar refractivity (Wildman–Crippen MR) is 86.1 cm³/mol. The van der Waals surface area contributed by atoms with Crippen molar-refractivity contribution in [3.63, 3.8) is 0 Å². The lowest BCUT2D eigenvalue weighted by molar-refractivity contribution is 0.475. The van der Waals surface area contributed by atoms with E-state index < -0.39 is 0 Å². The number of rotatable bonds is 3. The van der Waals surface area contributed by atoms with Crippen LogP contribution in [0.15, 0.2) is 71.9 Å². The minimum atomic E-state index is 0.206. The molecule has 0 radical (unpaired) electrons. The van der Waals surface area contributed by atoms with Crippen molar-refractivity contribution in [3.8, 4) is 11.4 Å². The fourth-order valence-electron chi connectivity index (χ4n) is 2.05. The summed E-state index contributed by atoms with van der Waals surface area (Å²) in [5.41, 5.74) is 2.67. The molecule has 0 fully saturated rings. The molecule has 0 atom stereocenters. The summed E-state index contributed by atoms with van der Waals surface area (Å²) in [6.45, 7) is 0. The molecule has 3 aromatic rings. The summed E-state index contributed by atoms with van der Waals surface area (Å²) in [7, 11) is 0. The minimum Gasteiger partial charge on any atom is -0.508 e. The van der Waals surface area contributed by atoms with E-state index in [0.717, 1.165) is 11.4 Å². The van der Waals surface area contributed by atoms with Crippen molar-refractivity contribution < 1.29 is 5.11 Å². The van der Waals surface area contributed by atoms with Gasteiger partial charge in [-0.3, -0.25) is 4.99 Å². The molecule has 0 aliphatic rings. The van der Waals surface area contributed by atoms with Crippen molar-refractivity contribution in [2.24, 2.45) is 4.99 Å². The Morgan fingerprint density at radius 2 is 1.81 bits per heavy atom. The number of halogens is 1. The third-order valence-electron chi connectivity index (χ3n) is 3.06. The Labute approximate surface area is 127 Å². The third-order valence-corrected chi connectivity index (χ3v) is 3.31. The largest absolute Gasteiger partial charge is 0.508 e. The van der Waals surface area contributed by atoms with Crippen LogP contribution in [0.1, 0.15) is 5.69 Å². The standard InChI is InChI=1S/C17H13ClN2O/c18-13-6-8-15(9-7-13)20-10-2-4-16(20)12-19-14-3-1-5-17(21)11-14/h1-12,21H. The topological polar surface area (TPSA) is 37.5 Å². The second-order valence-corrected chi connectivity index (χ2v) is 4.99. The van der Waals surface area contributed by atoms with Crippen molar-refractivity contribution >= 4 is 23.5 Å². The van der Waals surface area contributed by atoms with E-state index in [1.807, 2.05) is 53.2 Å². The highest BCUT2D eigenvalue weighted by Gasteiger charge is 2.01. The second-order valence-electron chi connectivity index (χ2n) is 4.56. The van der Waals surface area contributed by atoms with Crippen LogP contribution >= 0.6 is 11.6 Å². The van der Waals surface area contributed by atoms with Gasteiger partial charge >= 0.3 is 0 Å². The first-order valence-corrected chi connectivity index (χ1v) is 6.86. The van der Waals surface area contributed by atoms with Crippen LogP contribution in [-0.2, 0) is 0 Å². The van der Waals surface area contributed by atoms with Gasteiger partial charge in [0.1, 0.15) is 5.75 Å². The maximum Gasteiger partial charge on any atom is 0.117 e. The van der Waals surface area contributed by atoms with E-state index in [2.05, 4.69) is 4.99 Å². The summed E-state index contributed by atoms with van der Waals surface area (Å²) < 4.78 is 2.02. The zero-order valence-electron chi connectivity index (χ0n) is 11.1. The molecule has 1 aromatic heterocycles. The predicted octanol–water partition coefficient (Wildman–Crippen LogP) is 4.59. The molecule has 0 aliphatic carbocycles. The highest BCUT2D eigenvalue weighted by Crippen LogP contribution is 2.19. The summed E-state index contributed by atoms with van der Waals surface area (Å²) in [6, 6.07) is 18.4. The van der Waals surface area contributed by atoms with Gasteiger partial charge in [0.25, 0.3) is 0 Å². The smallest absolute Gasteiger partial charge is 0.117 e. The molecule has 3 nitrogen and oxygen atoms in total. The molecular formula is C17H13ClN2O. The van der Waals surface area contributed by atoms with Crippen LogP contribution in [0.2, 0.25) is 5.02 Å². The summed E-state index contributed by atoms with van der Waals surface area (Å²) in [4.78, 5) is 4.38. The van der Waals surface area contributed by atoms with Crippen molar-refractivity contribution in [2.75, 3.05) is 0 Å². The number of phenolic OH excluding ortho intramolecular Hbond substituents is 1. The van der Waals surface area contributed by atoms with E-state index in [9.17, 15) is 5.11 Å². The molecule has 21 heavy (non-hydrogen) atoms. The summed E-state index contributed by atoms with van der Waals surface area (Å²) in [6.07, 6.45) is 3.73. The monoisotopic (exact) mass is 296 g/mol. The molecule has 0 bridgehead atoms. The fraction of sp³-hybridized carbons (Fsp3) is 0. The molecule has 0 amide bonds. The normalized spacial score (nSPS) is 11.1. The number of aromatic nitrogens is 1. The van der Waals surface area contributed by atoms with Gasteiger partial charge in [-0.15, -0.1) is 0 Å². The quantitative estimate of drug-likeness (QED) is 0.705. The number of aromatic hydroxyl groups is 1. The van der Waals surface area contributed by atoms with Crippen molar-refractivity contribution in [1.29, 1.82) is 0 Å². The molecule has 0 unspecified atom stereocenters. The average Bonchev–Trinajstić information content (AvgIpc) is 2.94. The fourth-order valence-corrected chi connectivity index (χ4v) is 2.18. The Bertz CT molecular complexity index is 775. The van der Waals surface area contributed by atoms with Crippen molar-refractivity contribution in [3.05, 3.63) is 77.6 Å². The molecule has 0 aliphatic heterocycles. The Hall–Kier alpha value is -2.52.